The first-order valence-corrected chi connectivity index (χ1v) is 7.95. The summed E-state index contributed by atoms with van der Waals surface area (Å²) in [4.78, 5) is 41.4. The van der Waals surface area contributed by atoms with Crippen molar-refractivity contribution in [3.8, 4) is 0 Å². The van der Waals surface area contributed by atoms with E-state index in [-0.39, 0.29) is 11.7 Å². The molecule has 24 heavy (non-hydrogen) atoms. The number of aromatic nitrogens is 1. The quantitative estimate of drug-likeness (QED) is 0.618. The zero-order chi connectivity index (χ0) is 17.1. The Morgan fingerprint density at radius 3 is 2.00 bits per heavy atom. The number of ether oxygens (including phenoxy) is 1. The van der Waals surface area contributed by atoms with Crippen LogP contribution in [-0.2, 0) is 14.3 Å². The molecule has 2 aliphatic heterocycles. The second kappa shape index (κ2) is 7.00. The molecule has 0 unspecified atom stereocenters. The number of carbonyl (C=O) groups excluding carboxylic acids is 3. The van der Waals surface area contributed by atoms with E-state index in [0.29, 0.717) is 58.2 Å². The maximum absolute atomic E-state index is 12.3. The summed E-state index contributed by atoms with van der Waals surface area (Å²) in [5.74, 6) is -1.07. The molecular weight excluding hydrogens is 316 g/mol. The lowest BCUT2D eigenvalue weighted by Crippen LogP contribution is -2.55. The first-order chi connectivity index (χ1) is 11.6. The van der Waals surface area contributed by atoms with Gasteiger partial charge in [0.15, 0.2) is 0 Å². The highest BCUT2D eigenvalue weighted by Gasteiger charge is 2.32. The Balaban J connectivity index is 1.53. The number of hydrogen-bond donors (Lipinski definition) is 0. The predicted octanol–water partition coefficient (Wildman–Crippen LogP) is -0.874. The van der Waals surface area contributed by atoms with Crippen LogP contribution in [-0.4, -0.2) is 90.1 Å². The van der Waals surface area contributed by atoms with Gasteiger partial charge in [0.1, 0.15) is 0 Å². The molecule has 9 heteroatoms. The summed E-state index contributed by atoms with van der Waals surface area (Å²) in [6.45, 7) is 4.91. The van der Waals surface area contributed by atoms with Gasteiger partial charge in [-0.2, -0.15) is 0 Å². The second-order valence-electron chi connectivity index (χ2n) is 5.82. The lowest BCUT2D eigenvalue weighted by atomic mass is 10.2. The minimum absolute atomic E-state index is 0.191. The third-order valence-electron chi connectivity index (χ3n) is 4.17. The molecule has 1 aromatic heterocycles. The molecule has 0 aromatic carbocycles. The fraction of sp³-hybridized carbons (Fsp3) is 0.600. The second-order valence-corrected chi connectivity index (χ2v) is 5.82. The molecule has 2 saturated heterocycles. The van der Waals surface area contributed by atoms with Crippen LogP contribution in [0.3, 0.4) is 0 Å². The van der Waals surface area contributed by atoms with Gasteiger partial charge >= 0.3 is 11.8 Å². The smallest absolute Gasteiger partial charge is 0.312 e. The maximum Gasteiger partial charge on any atom is 0.312 e. The average molecular weight is 336 g/mol. The van der Waals surface area contributed by atoms with Crippen molar-refractivity contribution in [3.63, 3.8) is 0 Å². The van der Waals surface area contributed by atoms with Crippen molar-refractivity contribution in [1.82, 2.24) is 19.9 Å². The van der Waals surface area contributed by atoms with E-state index >= 15 is 0 Å². The number of morpholine rings is 1. The van der Waals surface area contributed by atoms with E-state index in [2.05, 4.69) is 5.16 Å². The largest absolute Gasteiger partial charge is 0.378 e. The van der Waals surface area contributed by atoms with Crippen molar-refractivity contribution in [1.29, 1.82) is 0 Å². The highest BCUT2D eigenvalue weighted by atomic mass is 16.5. The van der Waals surface area contributed by atoms with Gasteiger partial charge in [0.25, 0.3) is 5.91 Å². The Morgan fingerprint density at radius 2 is 1.46 bits per heavy atom. The van der Waals surface area contributed by atoms with Gasteiger partial charge in [-0.05, 0) is 6.92 Å². The van der Waals surface area contributed by atoms with Gasteiger partial charge in [0.2, 0.25) is 5.76 Å². The number of amides is 3. The summed E-state index contributed by atoms with van der Waals surface area (Å²) in [6.07, 6.45) is 0. The van der Waals surface area contributed by atoms with Gasteiger partial charge in [0, 0.05) is 45.3 Å². The van der Waals surface area contributed by atoms with E-state index in [0.717, 1.165) is 0 Å². The van der Waals surface area contributed by atoms with E-state index in [4.69, 9.17) is 9.26 Å². The van der Waals surface area contributed by atoms with Crippen LogP contribution in [0.4, 0.5) is 0 Å². The third-order valence-corrected chi connectivity index (χ3v) is 4.17. The normalized spacial score (nSPS) is 18.6. The molecule has 3 heterocycles. The first kappa shape index (κ1) is 16.4. The lowest BCUT2D eigenvalue weighted by Gasteiger charge is -2.35. The summed E-state index contributed by atoms with van der Waals surface area (Å²) in [5.41, 5.74) is 0.642. The van der Waals surface area contributed by atoms with E-state index in [1.807, 2.05) is 0 Å². The summed E-state index contributed by atoms with van der Waals surface area (Å²) in [5, 5.41) is 3.70. The molecule has 1 aromatic rings. The molecule has 2 fully saturated rings. The highest BCUT2D eigenvalue weighted by Crippen LogP contribution is 2.11. The van der Waals surface area contributed by atoms with Gasteiger partial charge < -0.3 is 24.0 Å². The number of carbonyl (C=O) groups is 3. The predicted molar refractivity (Wildman–Crippen MR) is 81.1 cm³/mol. The molecule has 0 radical (unpaired) electrons. The summed E-state index contributed by atoms with van der Waals surface area (Å²) >= 11 is 0. The minimum Gasteiger partial charge on any atom is -0.378 e. The SMILES string of the molecule is Cc1cc(C(=O)N2CCN(C(=O)C(=O)N3CCOCC3)CC2)on1. The van der Waals surface area contributed by atoms with Crippen LogP contribution in [0.2, 0.25) is 0 Å². The third kappa shape index (κ3) is 3.40. The summed E-state index contributed by atoms with van der Waals surface area (Å²) in [6, 6.07) is 1.59. The van der Waals surface area contributed by atoms with Crippen LogP contribution in [0, 0.1) is 6.92 Å². The molecule has 0 atom stereocenters. The molecule has 130 valence electrons. The van der Waals surface area contributed by atoms with Gasteiger partial charge in [0.05, 0.1) is 18.9 Å². The molecule has 2 aliphatic rings. The van der Waals surface area contributed by atoms with Gasteiger partial charge in [-0.3, -0.25) is 14.4 Å². The lowest BCUT2D eigenvalue weighted by molar-refractivity contribution is -0.154. The van der Waals surface area contributed by atoms with Crippen LogP contribution < -0.4 is 0 Å². The summed E-state index contributed by atoms with van der Waals surface area (Å²) in [7, 11) is 0. The van der Waals surface area contributed by atoms with E-state index in [1.54, 1.807) is 17.9 Å². The highest BCUT2D eigenvalue weighted by molar-refractivity contribution is 6.34. The van der Waals surface area contributed by atoms with E-state index < -0.39 is 11.8 Å². The Hall–Kier alpha value is -2.42. The van der Waals surface area contributed by atoms with Crippen LogP contribution in [0.1, 0.15) is 16.2 Å². The van der Waals surface area contributed by atoms with Crippen molar-refractivity contribution in [2.45, 2.75) is 6.92 Å². The maximum atomic E-state index is 12.3. The zero-order valence-corrected chi connectivity index (χ0v) is 13.6. The molecular formula is C15H20N4O5. The number of aryl methyl sites for hydroxylation is 1. The molecule has 0 aliphatic carbocycles. The van der Waals surface area contributed by atoms with Crippen LogP contribution in [0.15, 0.2) is 10.6 Å². The number of rotatable bonds is 1. The topological polar surface area (TPSA) is 96.2 Å². The van der Waals surface area contributed by atoms with Crippen LogP contribution in [0.5, 0.6) is 0 Å². The average Bonchev–Trinajstić information content (AvgIpc) is 3.07. The van der Waals surface area contributed by atoms with Gasteiger partial charge in [-0.1, -0.05) is 5.16 Å². The van der Waals surface area contributed by atoms with Crippen molar-refractivity contribution in [2.75, 3.05) is 52.5 Å². The molecule has 0 bridgehead atoms. The van der Waals surface area contributed by atoms with E-state index in [1.165, 1.54) is 9.80 Å². The standard InChI is InChI=1S/C15H20N4O5/c1-11-10-12(24-16-11)13(20)17-2-4-18(5-3-17)14(21)15(22)19-6-8-23-9-7-19/h10H,2-9H2,1H3. The van der Waals surface area contributed by atoms with Crippen molar-refractivity contribution in [2.24, 2.45) is 0 Å². The monoisotopic (exact) mass is 336 g/mol. The fourth-order valence-corrected chi connectivity index (χ4v) is 2.77. The Labute approximate surface area is 139 Å². The fourth-order valence-electron chi connectivity index (χ4n) is 2.77. The Morgan fingerprint density at radius 1 is 0.917 bits per heavy atom. The zero-order valence-electron chi connectivity index (χ0n) is 13.6. The minimum atomic E-state index is -0.514. The summed E-state index contributed by atoms with van der Waals surface area (Å²) < 4.78 is 10.2. The molecule has 3 rings (SSSR count). The molecule has 9 nitrogen and oxygen atoms in total. The van der Waals surface area contributed by atoms with E-state index in [9.17, 15) is 14.4 Å². The number of hydrogen-bond acceptors (Lipinski definition) is 6. The van der Waals surface area contributed by atoms with Crippen LogP contribution >= 0.6 is 0 Å². The Bertz CT molecular complexity index is 630. The molecule has 3 amide bonds. The molecule has 0 N–H and O–H groups in total. The van der Waals surface area contributed by atoms with Crippen molar-refractivity contribution >= 4 is 17.7 Å². The Kier molecular flexibility index (Phi) is 4.79. The molecule has 0 saturated carbocycles. The number of piperazine rings is 1. The van der Waals surface area contributed by atoms with Crippen LogP contribution in [0.25, 0.3) is 0 Å². The number of nitrogens with zero attached hydrogens (tertiary/aromatic N) is 4. The molecule has 0 spiro atoms. The first-order valence-electron chi connectivity index (χ1n) is 7.95. The van der Waals surface area contributed by atoms with Gasteiger partial charge in [-0.25, -0.2) is 0 Å². The van der Waals surface area contributed by atoms with Gasteiger partial charge in [-0.15, -0.1) is 0 Å². The van der Waals surface area contributed by atoms with Crippen molar-refractivity contribution < 1.29 is 23.6 Å². The van der Waals surface area contributed by atoms with Crippen molar-refractivity contribution in [3.05, 3.63) is 17.5 Å².